The molecule has 1 atom stereocenters. The van der Waals surface area contributed by atoms with Gasteiger partial charge in [0.15, 0.2) is 5.82 Å². The molecular weight excluding hydrogens is 231 g/mol. The molecule has 0 aliphatic carbocycles. The molecule has 2 rings (SSSR count). The van der Waals surface area contributed by atoms with Crippen LogP contribution in [0, 0.1) is 5.82 Å². The molecule has 1 N–H and O–H groups in total. The van der Waals surface area contributed by atoms with Crippen molar-refractivity contribution in [3.63, 3.8) is 0 Å². The maximum absolute atomic E-state index is 12.6. The lowest BCUT2D eigenvalue weighted by atomic mass is 10.1. The minimum Gasteiger partial charge on any atom is -0.340 e. The zero-order chi connectivity index (χ0) is 10.7. The summed E-state index contributed by atoms with van der Waals surface area (Å²) in [6.07, 6.45) is 4.70. The highest BCUT2D eigenvalue weighted by Crippen LogP contribution is 2.13. The van der Waals surface area contributed by atoms with Crippen LogP contribution in [0.1, 0.15) is 12.8 Å². The van der Waals surface area contributed by atoms with E-state index in [1.54, 1.807) is 0 Å². The molecule has 1 saturated heterocycles. The van der Waals surface area contributed by atoms with Gasteiger partial charge in [-0.15, -0.1) is 12.4 Å². The first-order valence-electron chi connectivity index (χ1n) is 5.18. The number of hydrogen-bond acceptors (Lipinski definition) is 4. The molecule has 0 saturated carbocycles. The number of hydrogen-bond donors (Lipinski definition) is 1. The number of rotatable bonds is 2. The van der Waals surface area contributed by atoms with E-state index in [0.29, 0.717) is 12.0 Å². The summed E-state index contributed by atoms with van der Waals surface area (Å²) in [5.41, 5.74) is 0. The van der Waals surface area contributed by atoms with Crippen LogP contribution in [-0.2, 0) is 0 Å². The smallest absolute Gasteiger partial charge is 0.225 e. The maximum Gasteiger partial charge on any atom is 0.225 e. The summed E-state index contributed by atoms with van der Waals surface area (Å²) in [7, 11) is 1.95. The third-order valence-corrected chi connectivity index (χ3v) is 2.74. The largest absolute Gasteiger partial charge is 0.340 e. The second kappa shape index (κ2) is 5.96. The first-order valence-corrected chi connectivity index (χ1v) is 5.18. The van der Waals surface area contributed by atoms with Crippen LogP contribution in [0.3, 0.4) is 0 Å². The quantitative estimate of drug-likeness (QED) is 0.852. The fraction of sp³-hybridized carbons (Fsp3) is 0.600. The molecule has 0 spiro atoms. The normalized spacial score (nSPS) is 20.0. The third kappa shape index (κ3) is 3.02. The lowest BCUT2D eigenvalue weighted by Crippen LogP contribution is -2.44. The van der Waals surface area contributed by atoms with E-state index in [4.69, 9.17) is 0 Å². The number of anilines is 1. The van der Waals surface area contributed by atoms with Gasteiger partial charge in [-0.1, -0.05) is 0 Å². The van der Waals surface area contributed by atoms with Crippen LogP contribution in [0.25, 0.3) is 0 Å². The molecule has 6 heteroatoms. The lowest BCUT2D eigenvalue weighted by molar-refractivity contribution is 0.440. The van der Waals surface area contributed by atoms with Crippen molar-refractivity contribution in [2.45, 2.75) is 18.9 Å². The van der Waals surface area contributed by atoms with Crippen molar-refractivity contribution in [1.82, 2.24) is 15.3 Å². The van der Waals surface area contributed by atoms with Crippen LogP contribution in [0.2, 0.25) is 0 Å². The first-order chi connectivity index (χ1) is 7.27. The zero-order valence-electron chi connectivity index (χ0n) is 9.19. The van der Waals surface area contributed by atoms with Gasteiger partial charge in [-0.25, -0.2) is 14.4 Å². The van der Waals surface area contributed by atoms with Crippen molar-refractivity contribution < 1.29 is 4.39 Å². The van der Waals surface area contributed by atoms with Crippen LogP contribution >= 0.6 is 12.4 Å². The molecule has 90 valence electrons. The lowest BCUT2D eigenvalue weighted by Gasteiger charge is -2.31. The van der Waals surface area contributed by atoms with Gasteiger partial charge >= 0.3 is 0 Å². The topological polar surface area (TPSA) is 41.1 Å². The van der Waals surface area contributed by atoms with Gasteiger partial charge in [-0.05, 0) is 19.4 Å². The molecule has 0 unspecified atom stereocenters. The predicted molar refractivity (Wildman–Crippen MR) is 63.5 cm³/mol. The van der Waals surface area contributed by atoms with Gasteiger partial charge in [-0.2, -0.15) is 0 Å². The molecule has 0 bridgehead atoms. The summed E-state index contributed by atoms with van der Waals surface area (Å²) in [6.45, 7) is 2.02. The molecule has 4 nitrogen and oxygen atoms in total. The van der Waals surface area contributed by atoms with Crippen LogP contribution in [-0.4, -0.2) is 36.1 Å². The summed E-state index contributed by atoms with van der Waals surface area (Å²) >= 11 is 0. The van der Waals surface area contributed by atoms with Crippen molar-refractivity contribution in [2.24, 2.45) is 0 Å². The number of aromatic nitrogens is 2. The van der Waals surface area contributed by atoms with E-state index in [2.05, 4.69) is 15.3 Å². The first kappa shape index (κ1) is 13.1. The standard InChI is InChI=1S/C10H15FN4.ClH/c1-15(9-3-2-4-12-7-9)10-13-5-8(11)6-14-10;/h5-6,9,12H,2-4,7H2,1H3;1H/t9-;/m1./s1. The second-order valence-corrected chi connectivity index (χ2v) is 3.81. The Morgan fingerprint density at radius 3 is 2.69 bits per heavy atom. The Morgan fingerprint density at radius 2 is 2.12 bits per heavy atom. The highest BCUT2D eigenvalue weighted by atomic mass is 35.5. The summed E-state index contributed by atoms with van der Waals surface area (Å²) < 4.78 is 12.6. The van der Waals surface area contributed by atoms with E-state index >= 15 is 0 Å². The fourth-order valence-electron chi connectivity index (χ4n) is 1.81. The number of nitrogens with zero attached hydrogens (tertiary/aromatic N) is 3. The Bertz CT molecular complexity index is 313. The molecule has 0 radical (unpaired) electrons. The molecule has 2 heterocycles. The van der Waals surface area contributed by atoms with Crippen molar-refractivity contribution in [1.29, 1.82) is 0 Å². The Kier molecular flexibility index (Phi) is 4.89. The molecule has 1 aliphatic rings. The highest BCUT2D eigenvalue weighted by Gasteiger charge is 2.19. The van der Waals surface area contributed by atoms with Crippen molar-refractivity contribution >= 4 is 18.4 Å². The van der Waals surface area contributed by atoms with E-state index in [1.807, 2.05) is 11.9 Å². The number of nitrogens with one attached hydrogen (secondary N) is 1. The number of halogens is 2. The second-order valence-electron chi connectivity index (χ2n) is 3.81. The van der Waals surface area contributed by atoms with E-state index < -0.39 is 5.82 Å². The van der Waals surface area contributed by atoms with Crippen molar-refractivity contribution in [3.8, 4) is 0 Å². The van der Waals surface area contributed by atoms with E-state index in [-0.39, 0.29) is 12.4 Å². The third-order valence-electron chi connectivity index (χ3n) is 2.74. The van der Waals surface area contributed by atoms with Gasteiger partial charge in [0.25, 0.3) is 0 Å². The van der Waals surface area contributed by atoms with Gasteiger partial charge < -0.3 is 10.2 Å². The van der Waals surface area contributed by atoms with Crippen molar-refractivity contribution in [3.05, 3.63) is 18.2 Å². The van der Waals surface area contributed by atoms with Crippen LogP contribution in [0.5, 0.6) is 0 Å². The predicted octanol–water partition coefficient (Wildman–Crippen LogP) is 1.23. The Labute approximate surface area is 101 Å². The molecule has 16 heavy (non-hydrogen) atoms. The fourth-order valence-corrected chi connectivity index (χ4v) is 1.81. The summed E-state index contributed by atoms with van der Waals surface area (Å²) in [6, 6.07) is 0.407. The molecule has 1 aliphatic heterocycles. The van der Waals surface area contributed by atoms with E-state index in [0.717, 1.165) is 25.9 Å². The molecule has 1 fully saturated rings. The van der Waals surface area contributed by atoms with Crippen LogP contribution in [0.15, 0.2) is 12.4 Å². The van der Waals surface area contributed by atoms with Crippen LogP contribution in [0.4, 0.5) is 10.3 Å². The molecule has 1 aromatic rings. The SMILES string of the molecule is CN(c1ncc(F)cn1)[C@@H]1CCCNC1.Cl. The maximum atomic E-state index is 12.6. The van der Waals surface area contributed by atoms with E-state index in [9.17, 15) is 4.39 Å². The minimum atomic E-state index is -0.395. The Hall–Kier alpha value is -0.940. The monoisotopic (exact) mass is 246 g/mol. The Balaban J connectivity index is 0.00000128. The summed E-state index contributed by atoms with van der Waals surface area (Å²) in [4.78, 5) is 9.94. The molecule has 0 amide bonds. The molecular formula is C10H16ClFN4. The van der Waals surface area contributed by atoms with Crippen LogP contribution < -0.4 is 10.2 Å². The van der Waals surface area contributed by atoms with Gasteiger partial charge in [0.05, 0.1) is 12.4 Å². The average molecular weight is 247 g/mol. The van der Waals surface area contributed by atoms with Gasteiger partial charge in [0.1, 0.15) is 0 Å². The van der Waals surface area contributed by atoms with Gasteiger partial charge in [0.2, 0.25) is 5.95 Å². The Morgan fingerprint density at radius 1 is 1.44 bits per heavy atom. The van der Waals surface area contributed by atoms with Gasteiger partial charge in [-0.3, -0.25) is 0 Å². The van der Waals surface area contributed by atoms with Crippen molar-refractivity contribution in [2.75, 3.05) is 25.0 Å². The van der Waals surface area contributed by atoms with E-state index in [1.165, 1.54) is 12.4 Å². The minimum absolute atomic E-state index is 0. The number of piperidine rings is 1. The number of likely N-dealkylation sites (N-methyl/N-ethyl adjacent to an activating group) is 1. The highest BCUT2D eigenvalue weighted by molar-refractivity contribution is 5.85. The molecule has 0 aromatic carbocycles. The van der Waals surface area contributed by atoms with Gasteiger partial charge in [0, 0.05) is 19.6 Å². The summed E-state index contributed by atoms with van der Waals surface area (Å²) in [5, 5.41) is 3.33. The average Bonchev–Trinajstić information content (AvgIpc) is 2.30. The zero-order valence-corrected chi connectivity index (χ0v) is 10.0. The molecule has 1 aromatic heterocycles. The summed E-state index contributed by atoms with van der Waals surface area (Å²) in [5.74, 6) is 0.194.